The molecule has 0 unspecified atom stereocenters. The molecular weight excluding hydrogens is 354 g/mol. The highest BCUT2D eigenvalue weighted by Gasteiger charge is 2.19. The van der Waals surface area contributed by atoms with Crippen molar-refractivity contribution >= 4 is 21.6 Å². The summed E-state index contributed by atoms with van der Waals surface area (Å²) in [5, 5.41) is 2.59. The largest absolute Gasteiger partial charge is 0.491 e. The number of hydrogen-bond acceptors (Lipinski definition) is 5. The molecule has 0 fully saturated rings. The van der Waals surface area contributed by atoms with Crippen molar-refractivity contribution in [1.82, 2.24) is 10.3 Å². The number of hydrogen-bond donors (Lipinski definition) is 1. The Hall–Kier alpha value is -2.61. The Balaban J connectivity index is 1.93. The molecule has 1 aromatic carbocycles. The maximum atomic E-state index is 12.4. The Bertz CT molecular complexity index is 821. The molecule has 2 aromatic rings. The van der Waals surface area contributed by atoms with Gasteiger partial charge in [0, 0.05) is 26.0 Å². The Labute approximate surface area is 154 Å². The molecule has 0 aliphatic heterocycles. The Morgan fingerprint density at radius 2 is 1.92 bits per heavy atom. The van der Waals surface area contributed by atoms with Crippen LogP contribution in [0.4, 0.5) is 5.69 Å². The van der Waals surface area contributed by atoms with Gasteiger partial charge in [0.05, 0.1) is 23.1 Å². The normalized spacial score (nSPS) is 11.2. The minimum atomic E-state index is -3.56. The maximum absolute atomic E-state index is 12.4. The first-order valence-electron chi connectivity index (χ1n) is 8.21. The number of ether oxygens (including phenoxy) is 1. The predicted molar refractivity (Wildman–Crippen MR) is 101 cm³/mol. The average Bonchev–Trinajstić information content (AvgIpc) is 2.61. The van der Waals surface area contributed by atoms with Crippen LogP contribution >= 0.6 is 0 Å². The third-order valence-corrected chi connectivity index (χ3v) is 5.32. The number of carbonyl (C=O) groups is 1. The van der Waals surface area contributed by atoms with E-state index in [0.29, 0.717) is 17.0 Å². The van der Waals surface area contributed by atoms with Crippen molar-refractivity contribution in [2.75, 3.05) is 23.7 Å². The lowest BCUT2D eigenvalue weighted by atomic mass is 10.3. The molecule has 8 heteroatoms. The number of carbonyl (C=O) groups excluding carboxylic acids is 1. The van der Waals surface area contributed by atoms with Gasteiger partial charge in [0.15, 0.2) is 0 Å². The van der Waals surface area contributed by atoms with E-state index in [-0.39, 0.29) is 24.3 Å². The highest BCUT2D eigenvalue weighted by atomic mass is 32.2. The van der Waals surface area contributed by atoms with Crippen LogP contribution in [0.1, 0.15) is 24.2 Å². The van der Waals surface area contributed by atoms with E-state index in [1.807, 2.05) is 13.8 Å². The molecule has 0 spiro atoms. The average molecular weight is 377 g/mol. The number of amides is 1. The van der Waals surface area contributed by atoms with Gasteiger partial charge in [0.2, 0.25) is 10.0 Å². The van der Waals surface area contributed by atoms with Crippen molar-refractivity contribution in [2.24, 2.45) is 0 Å². The van der Waals surface area contributed by atoms with Crippen LogP contribution < -0.4 is 14.4 Å². The first kappa shape index (κ1) is 19.7. The smallest absolute Gasteiger partial charge is 0.252 e. The van der Waals surface area contributed by atoms with Gasteiger partial charge in [-0.1, -0.05) is 0 Å². The minimum absolute atomic E-state index is 0.00887. The molecule has 0 saturated carbocycles. The third kappa shape index (κ3) is 5.45. The van der Waals surface area contributed by atoms with Crippen molar-refractivity contribution in [3.05, 3.63) is 54.4 Å². The molecular formula is C18H23N3O4S. The van der Waals surface area contributed by atoms with Crippen molar-refractivity contribution in [3.8, 4) is 5.75 Å². The lowest BCUT2D eigenvalue weighted by molar-refractivity contribution is 0.0955. The lowest BCUT2D eigenvalue weighted by Gasteiger charge is -2.20. The van der Waals surface area contributed by atoms with Crippen molar-refractivity contribution < 1.29 is 17.9 Å². The minimum Gasteiger partial charge on any atom is -0.491 e. The van der Waals surface area contributed by atoms with E-state index in [9.17, 15) is 13.2 Å². The number of aromatic nitrogens is 1. The monoisotopic (exact) mass is 377 g/mol. The van der Waals surface area contributed by atoms with E-state index >= 15 is 0 Å². The molecule has 1 aromatic heterocycles. The number of benzene rings is 1. The summed E-state index contributed by atoms with van der Waals surface area (Å²) >= 11 is 0. The summed E-state index contributed by atoms with van der Waals surface area (Å²) in [6.07, 6.45) is 3.04. The van der Waals surface area contributed by atoms with E-state index < -0.39 is 10.0 Å². The van der Waals surface area contributed by atoms with Gasteiger partial charge < -0.3 is 10.1 Å². The standard InChI is InChI=1S/C18H23N3O4S/c1-14(2)25-17-8-6-16(7-9-17)21(3)26(23,24)12-11-20-18(22)15-5-4-10-19-13-15/h4-10,13-14H,11-12H2,1-3H3,(H,20,22). The van der Waals surface area contributed by atoms with Crippen LogP contribution in [0.15, 0.2) is 48.8 Å². The van der Waals surface area contributed by atoms with Gasteiger partial charge in [-0.25, -0.2) is 8.42 Å². The molecule has 0 atom stereocenters. The summed E-state index contributed by atoms with van der Waals surface area (Å²) in [4.78, 5) is 15.8. The van der Waals surface area contributed by atoms with Crippen molar-refractivity contribution in [3.63, 3.8) is 0 Å². The number of anilines is 1. The fourth-order valence-electron chi connectivity index (χ4n) is 2.20. The van der Waals surface area contributed by atoms with E-state index in [0.717, 1.165) is 0 Å². The van der Waals surface area contributed by atoms with E-state index in [2.05, 4.69) is 10.3 Å². The molecule has 0 bridgehead atoms. The second-order valence-electron chi connectivity index (χ2n) is 5.94. The number of pyridine rings is 1. The SMILES string of the molecule is CC(C)Oc1ccc(N(C)S(=O)(=O)CCNC(=O)c2cccnc2)cc1. The highest BCUT2D eigenvalue weighted by Crippen LogP contribution is 2.21. The van der Waals surface area contributed by atoms with E-state index in [1.165, 1.54) is 17.5 Å². The molecule has 26 heavy (non-hydrogen) atoms. The third-order valence-electron chi connectivity index (χ3n) is 3.56. The maximum Gasteiger partial charge on any atom is 0.252 e. The second kappa shape index (κ2) is 8.66. The molecule has 2 rings (SSSR count). The van der Waals surface area contributed by atoms with Crippen LogP contribution in [0.25, 0.3) is 0 Å². The van der Waals surface area contributed by atoms with Gasteiger partial charge in [0.25, 0.3) is 5.91 Å². The molecule has 0 saturated heterocycles. The predicted octanol–water partition coefficient (Wildman–Crippen LogP) is 2.06. The zero-order valence-electron chi connectivity index (χ0n) is 15.0. The molecule has 1 amide bonds. The molecule has 140 valence electrons. The first-order chi connectivity index (χ1) is 12.3. The number of nitrogens with one attached hydrogen (secondary N) is 1. The highest BCUT2D eigenvalue weighted by molar-refractivity contribution is 7.92. The molecule has 0 aliphatic carbocycles. The fourth-order valence-corrected chi connectivity index (χ4v) is 3.27. The number of rotatable bonds is 8. The van der Waals surface area contributed by atoms with Crippen LogP contribution in [0.5, 0.6) is 5.75 Å². The summed E-state index contributed by atoms with van der Waals surface area (Å²) in [6.45, 7) is 3.85. The molecule has 7 nitrogen and oxygen atoms in total. The molecule has 0 aliphatic rings. The van der Waals surface area contributed by atoms with Crippen molar-refractivity contribution in [2.45, 2.75) is 20.0 Å². The van der Waals surface area contributed by atoms with Gasteiger partial charge in [-0.05, 0) is 50.2 Å². The Kier molecular flexibility index (Phi) is 6.57. The fraction of sp³-hybridized carbons (Fsp3) is 0.333. The summed E-state index contributed by atoms with van der Waals surface area (Å²) in [5.74, 6) is 0.115. The topological polar surface area (TPSA) is 88.6 Å². The van der Waals surface area contributed by atoms with Gasteiger partial charge in [-0.2, -0.15) is 0 Å². The summed E-state index contributed by atoms with van der Waals surface area (Å²) in [6, 6.07) is 10.1. The zero-order chi connectivity index (χ0) is 19.2. The van der Waals surface area contributed by atoms with E-state index in [4.69, 9.17) is 4.74 Å². The molecule has 1 heterocycles. The second-order valence-corrected chi connectivity index (χ2v) is 8.06. The molecule has 0 radical (unpaired) electrons. The van der Waals surface area contributed by atoms with Crippen LogP contribution in [-0.4, -0.2) is 44.8 Å². The van der Waals surface area contributed by atoms with Gasteiger partial charge in [-0.15, -0.1) is 0 Å². The van der Waals surface area contributed by atoms with Crippen molar-refractivity contribution in [1.29, 1.82) is 0 Å². The van der Waals surface area contributed by atoms with Crippen LogP contribution in [0.2, 0.25) is 0 Å². The number of nitrogens with zero attached hydrogens (tertiary/aromatic N) is 2. The summed E-state index contributed by atoms with van der Waals surface area (Å²) in [5.41, 5.74) is 0.915. The van der Waals surface area contributed by atoms with Crippen LogP contribution in [-0.2, 0) is 10.0 Å². The first-order valence-corrected chi connectivity index (χ1v) is 9.82. The quantitative estimate of drug-likeness (QED) is 0.761. The zero-order valence-corrected chi connectivity index (χ0v) is 15.9. The molecule has 1 N–H and O–H groups in total. The Morgan fingerprint density at radius 3 is 2.50 bits per heavy atom. The number of sulfonamides is 1. The van der Waals surface area contributed by atoms with Gasteiger partial charge in [0.1, 0.15) is 5.75 Å². The van der Waals surface area contributed by atoms with Crippen LogP contribution in [0, 0.1) is 0 Å². The van der Waals surface area contributed by atoms with E-state index in [1.54, 1.807) is 42.6 Å². The summed E-state index contributed by atoms with van der Waals surface area (Å²) in [7, 11) is -2.08. The Morgan fingerprint density at radius 1 is 1.23 bits per heavy atom. The van der Waals surface area contributed by atoms with Gasteiger partial charge >= 0.3 is 0 Å². The van der Waals surface area contributed by atoms with Gasteiger partial charge in [-0.3, -0.25) is 14.1 Å². The summed E-state index contributed by atoms with van der Waals surface area (Å²) < 4.78 is 31.6. The van der Waals surface area contributed by atoms with Crippen LogP contribution in [0.3, 0.4) is 0 Å². The lowest BCUT2D eigenvalue weighted by Crippen LogP contribution is -2.35.